The van der Waals surface area contributed by atoms with Gasteiger partial charge in [0.25, 0.3) is 0 Å². The molecule has 2 aromatic heterocycles. The average molecular weight is 420 g/mol. The highest BCUT2D eigenvalue weighted by Crippen LogP contribution is 2.25. The van der Waals surface area contributed by atoms with Gasteiger partial charge in [0.05, 0.1) is 18.1 Å². The fourth-order valence-corrected chi connectivity index (χ4v) is 2.70. The predicted octanol–water partition coefficient (Wildman–Crippen LogP) is 2.34. The Morgan fingerprint density at radius 2 is 1.81 bits per heavy atom. The van der Waals surface area contributed by atoms with E-state index in [0.717, 1.165) is 5.56 Å². The number of carbonyl (C=O) groups excluding carboxylic acids is 2. The zero-order valence-corrected chi connectivity index (χ0v) is 17.6. The fourth-order valence-electron chi connectivity index (χ4n) is 2.70. The molecule has 0 saturated carbocycles. The summed E-state index contributed by atoms with van der Waals surface area (Å²) in [6.07, 6.45) is 4.72. The normalized spacial score (nSPS) is 10.4. The molecule has 2 N–H and O–H groups in total. The molecule has 0 saturated heterocycles. The van der Waals surface area contributed by atoms with E-state index in [4.69, 9.17) is 10.5 Å². The number of carbonyl (C=O) groups is 2. The molecule has 9 nitrogen and oxygen atoms in total. The minimum absolute atomic E-state index is 0.0107. The highest BCUT2D eigenvalue weighted by Gasteiger charge is 2.09. The van der Waals surface area contributed by atoms with Gasteiger partial charge in [-0.05, 0) is 36.4 Å². The number of primary amides is 1. The Balaban J connectivity index is 1.68. The van der Waals surface area contributed by atoms with Crippen LogP contribution in [-0.4, -0.2) is 58.9 Å². The third kappa shape index (κ3) is 5.75. The summed E-state index contributed by atoms with van der Waals surface area (Å²) in [5, 5.41) is 0. The molecule has 0 spiro atoms. The Hall–Kier alpha value is -4.01. The maximum Gasteiger partial charge on any atom is 0.248 e. The van der Waals surface area contributed by atoms with Crippen molar-refractivity contribution in [2.24, 2.45) is 5.73 Å². The molecule has 0 radical (unpaired) electrons. The van der Waals surface area contributed by atoms with Crippen LogP contribution < -0.4 is 15.4 Å². The third-order valence-corrected chi connectivity index (χ3v) is 4.72. The highest BCUT2D eigenvalue weighted by molar-refractivity contribution is 5.93. The zero-order valence-electron chi connectivity index (χ0n) is 17.6. The summed E-state index contributed by atoms with van der Waals surface area (Å²) in [4.78, 5) is 39.2. The van der Waals surface area contributed by atoms with Gasteiger partial charge in [0.1, 0.15) is 5.75 Å². The van der Waals surface area contributed by atoms with Crippen LogP contribution in [0.5, 0.6) is 11.6 Å². The zero-order chi connectivity index (χ0) is 22.4. The van der Waals surface area contributed by atoms with Crippen molar-refractivity contribution in [3.05, 3.63) is 60.6 Å². The number of hydrogen-bond acceptors (Lipinski definition) is 7. The molecule has 0 aliphatic heterocycles. The maximum atomic E-state index is 11.4. The SMILES string of the molecule is CC(=O)N(C)CCN(C)c1cncc(Oc2ccc(-c3cc(C(N)=O)ccn3)cc2)n1. The van der Waals surface area contributed by atoms with Crippen molar-refractivity contribution in [3.8, 4) is 22.9 Å². The van der Waals surface area contributed by atoms with Crippen molar-refractivity contribution >= 4 is 17.6 Å². The molecular formula is C22H24N6O3. The van der Waals surface area contributed by atoms with Gasteiger partial charge >= 0.3 is 0 Å². The second kappa shape index (κ2) is 9.66. The van der Waals surface area contributed by atoms with Crippen LogP contribution >= 0.6 is 0 Å². The van der Waals surface area contributed by atoms with E-state index >= 15 is 0 Å². The smallest absolute Gasteiger partial charge is 0.248 e. The molecule has 1 aromatic carbocycles. The predicted molar refractivity (Wildman–Crippen MR) is 117 cm³/mol. The number of amides is 2. The van der Waals surface area contributed by atoms with Gasteiger partial charge in [-0.1, -0.05) is 0 Å². The second-order valence-electron chi connectivity index (χ2n) is 7.00. The minimum Gasteiger partial charge on any atom is -0.437 e. The summed E-state index contributed by atoms with van der Waals surface area (Å²) in [6, 6.07) is 10.5. The number of benzene rings is 1. The van der Waals surface area contributed by atoms with Gasteiger partial charge < -0.3 is 20.3 Å². The Morgan fingerprint density at radius 1 is 1.06 bits per heavy atom. The number of ether oxygens (including phenoxy) is 1. The van der Waals surface area contributed by atoms with Crippen molar-refractivity contribution in [1.29, 1.82) is 0 Å². The van der Waals surface area contributed by atoms with Gasteiger partial charge in [-0.25, -0.2) is 0 Å². The largest absolute Gasteiger partial charge is 0.437 e. The molecule has 0 aliphatic carbocycles. The van der Waals surface area contributed by atoms with E-state index in [1.165, 1.54) is 13.1 Å². The summed E-state index contributed by atoms with van der Waals surface area (Å²) in [6.45, 7) is 2.72. The molecule has 0 unspecified atom stereocenters. The van der Waals surface area contributed by atoms with Crippen LogP contribution in [0.3, 0.4) is 0 Å². The van der Waals surface area contributed by atoms with Crippen molar-refractivity contribution in [3.63, 3.8) is 0 Å². The lowest BCUT2D eigenvalue weighted by atomic mass is 10.1. The molecule has 2 heterocycles. The van der Waals surface area contributed by atoms with E-state index in [2.05, 4.69) is 15.0 Å². The van der Waals surface area contributed by atoms with E-state index in [1.807, 2.05) is 24.1 Å². The van der Waals surface area contributed by atoms with Gasteiger partial charge in [0, 0.05) is 51.4 Å². The number of nitrogens with zero attached hydrogens (tertiary/aromatic N) is 5. The maximum absolute atomic E-state index is 11.4. The molecular weight excluding hydrogens is 396 g/mol. The van der Waals surface area contributed by atoms with E-state index in [-0.39, 0.29) is 5.91 Å². The van der Waals surface area contributed by atoms with Gasteiger partial charge in [-0.3, -0.25) is 19.6 Å². The standard InChI is InChI=1S/C22H24N6O3/c1-15(29)27(2)10-11-28(3)20-13-24-14-21(26-20)31-18-6-4-16(5-7-18)19-12-17(22(23)30)8-9-25-19/h4-9,12-14H,10-11H2,1-3H3,(H2,23,30). The lowest BCUT2D eigenvalue weighted by Crippen LogP contribution is -2.33. The van der Waals surface area contributed by atoms with Crippen LogP contribution in [0.2, 0.25) is 0 Å². The second-order valence-corrected chi connectivity index (χ2v) is 7.00. The molecule has 3 rings (SSSR count). The lowest BCUT2D eigenvalue weighted by molar-refractivity contribution is -0.127. The van der Waals surface area contributed by atoms with E-state index in [0.29, 0.717) is 41.8 Å². The molecule has 0 atom stereocenters. The first-order chi connectivity index (χ1) is 14.8. The van der Waals surface area contributed by atoms with Gasteiger partial charge in [-0.2, -0.15) is 4.98 Å². The summed E-state index contributed by atoms with van der Waals surface area (Å²) in [5.41, 5.74) is 7.19. The topological polar surface area (TPSA) is 115 Å². The number of anilines is 1. The van der Waals surface area contributed by atoms with Crippen LogP contribution in [0, 0.1) is 0 Å². The quantitative estimate of drug-likeness (QED) is 0.595. The Bertz CT molecular complexity index is 1070. The monoisotopic (exact) mass is 420 g/mol. The van der Waals surface area contributed by atoms with Crippen molar-refractivity contribution in [1.82, 2.24) is 19.9 Å². The van der Waals surface area contributed by atoms with Crippen LogP contribution in [0.15, 0.2) is 55.0 Å². The van der Waals surface area contributed by atoms with Crippen LogP contribution in [0.25, 0.3) is 11.3 Å². The number of nitrogens with two attached hydrogens (primary N) is 1. The summed E-state index contributed by atoms with van der Waals surface area (Å²) in [5.74, 6) is 1.08. The van der Waals surface area contributed by atoms with Gasteiger partial charge in [0.15, 0.2) is 5.82 Å². The molecule has 9 heteroatoms. The Labute approximate surface area is 180 Å². The summed E-state index contributed by atoms with van der Waals surface area (Å²) in [7, 11) is 3.63. The van der Waals surface area contributed by atoms with Crippen LogP contribution in [-0.2, 0) is 4.79 Å². The van der Waals surface area contributed by atoms with E-state index in [1.54, 1.807) is 48.6 Å². The molecule has 0 fully saturated rings. The minimum atomic E-state index is -0.500. The number of rotatable bonds is 8. The van der Waals surface area contributed by atoms with Crippen molar-refractivity contribution in [2.75, 3.05) is 32.1 Å². The fraction of sp³-hybridized carbons (Fsp3) is 0.227. The Kier molecular flexibility index (Phi) is 6.76. The number of hydrogen-bond donors (Lipinski definition) is 1. The third-order valence-electron chi connectivity index (χ3n) is 4.72. The van der Waals surface area contributed by atoms with Gasteiger partial charge in [0.2, 0.25) is 17.7 Å². The van der Waals surface area contributed by atoms with Crippen molar-refractivity contribution in [2.45, 2.75) is 6.92 Å². The molecule has 0 aliphatic rings. The van der Waals surface area contributed by atoms with Crippen LogP contribution in [0.4, 0.5) is 5.82 Å². The van der Waals surface area contributed by atoms with E-state index in [9.17, 15) is 9.59 Å². The average Bonchev–Trinajstić information content (AvgIpc) is 2.78. The Morgan fingerprint density at radius 3 is 2.48 bits per heavy atom. The number of likely N-dealkylation sites (N-methyl/N-ethyl adjacent to an activating group) is 2. The number of aromatic nitrogens is 3. The molecule has 31 heavy (non-hydrogen) atoms. The molecule has 0 bridgehead atoms. The number of pyridine rings is 1. The lowest BCUT2D eigenvalue weighted by Gasteiger charge is -2.22. The first-order valence-electron chi connectivity index (χ1n) is 9.62. The summed E-state index contributed by atoms with van der Waals surface area (Å²) >= 11 is 0. The first kappa shape index (κ1) is 21.7. The van der Waals surface area contributed by atoms with Crippen LogP contribution in [0.1, 0.15) is 17.3 Å². The first-order valence-corrected chi connectivity index (χ1v) is 9.62. The molecule has 3 aromatic rings. The summed E-state index contributed by atoms with van der Waals surface area (Å²) < 4.78 is 5.83. The van der Waals surface area contributed by atoms with E-state index < -0.39 is 5.91 Å². The molecule has 160 valence electrons. The van der Waals surface area contributed by atoms with Crippen molar-refractivity contribution < 1.29 is 14.3 Å². The highest BCUT2D eigenvalue weighted by atomic mass is 16.5. The van der Waals surface area contributed by atoms with Gasteiger partial charge in [-0.15, -0.1) is 0 Å². The molecule has 2 amide bonds.